The van der Waals surface area contributed by atoms with Crippen molar-refractivity contribution in [1.29, 1.82) is 0 Å². The third-order valence-corrected chi connectivity index (χ3v) is 6.21. The van der Waals surface area contributed by atoms with E-state index in [1.807, 2.05) is 54.6 Å². The normalized spacial score (nSPS) is 13.2. The van der Waals surface area contributed by atoms with Gasteiger partial charge in [-0.2, -0.15) is 0 Å². The Bertz CT molecular complexity index is 1080. The van der Waals surface area contributed by atoms with Crippen LogP contribution in [0.25, 0.3) is 11.1 Å². The van der Waals surface area contributed by atoms with E-state index in [-0.39, 0.29) is 18.9 Å². The number of amides is 1. The van der Waals surface area contributed by atoms with Gasteiger partial charge in [0.25, 0.3) is 0 Å². The lowest BCUT2D eigenvalue weighted by atomic mass is 9.98. The number of carbonyl (C=O) groups excluding carboxylic acids is 1. The standard InChI is InChI=1S/C24H19Br2NO4/c25-15-9-14(10-16(26)12-15)11-22(23(28)29)27-24(30)31-13-21-19-7-3-1-5-17(19)18-6-2-4-8-20(18)21/h1-10,12,21-22H,11,13H2,(H,27,30)(H,28,29). The quantitative estimate of drug-likeness (QED) is 0.414. The van der Waals surface area contributed by atoms with Gasteiger partial charge in [-0.25, -0.2) is 9.59 Å². The van der Waals surface area contributed by atoms with Crippen LogP contribution in [0.15, 0.2) is 75.7 Å². The summed E-state index contributed by atoms with van der Waals surface area (Å²) >= 11 is 6.78. The van der Waals surface area contributed by atoms with Crippen molar-refractivity contribution in [3.63, 3.8) is 0 Å². The van der Waals surface area contributed by atoms with Crippen molar-refractivity contribution in [2.75, 3.05) is 6.61 Å². The minimum atomic E-state index is -1.12. The molecule has 0 aromatic heterocycles. The van der Waals surface area contributed by atoms with Gasteiger partial charge in [0.15, 0.2) is 0 Å². The molecule has 7 heteroatoms. The van der Waals surface area contributed by atoms with E-state index in [0.717, 1.165) is 36.8 Å². The molecule has 0 heterocycles. The SMILES string of the molecule is O=C(NC(Cc1cc(Br)cc(Br)c1)C(=O)O)OCC1c2ccccc2-c2ccccc21. The second kappa shape index (κ2) is 9.24. The van der Waals surface area contributed by atoms with Gasteiger partial charge in [-0.1, -0.05) is 80.4 Å². The van der Waals surface area contributed by atoms with Crippen molar-refractivity contribution >= 4 is 43.9 Å². The third-order valence-electron chi connectivity index (χ3n) is 5.30. The third kappa shape index (κ3) is 4.83. The molecule has 2 N–H and O–H groups in total. The number of carbonyl (C=O) groups is 2. The number of carboxylic acid groups (broad SMARTS) is 1. The maximum atomic E-state index is 12.4. The summed E-state index contributed by atoms with van der Waals surface area (Å²) in [4.78, 5) is 24.2. The van der Waals surface area contributed by atoms with E-state index in [0.29, 0.717) is 0 Å². The number of ether oxygens (including phenoxy) is 1. The highest BCUT2D eigenvalue weighted by Gasteiger charge is 2.29. The first-order valence-corrected chi connectivity index (χ1v) is 11.3. The van der Waals surface area contributed by atoms with Gasteiger partial charge in [-0.05, 0) is 46.0 Å². The second-order valence-corrected chi connectivity index (χ2v) is 9.17. The molecular weight excluding hydrogens is 526 g/mol. The van der Waals surface area contributed by atoms with E-state index in [2.05, 4.69) is 49.3 Å². The first-order chi connectivity index (χ1) is 14.9. The highest BCUT2D eigenvalue weighted by Crippen LogP contribution is 2.44. The first kappa shape index (κ1) is 21.6. The summed E-state index contributed by atoms with van der Waals surface area (Å²) in [5, 5.41) is 12.1. The first-order valence-electron chi connectivity index (χ1n) is 9.71. The summed E-state index contributed by atoms with van der Waals surface area (Å²) in [6, 6.07) is 20.5. The molecular formula is C24H19Br2NO4. The molecule has 3 aromatic carbocycles. The highest BCUT2D eigenvalue weighted by atomic mass is 79.9. The van der Waals surface area contributed by atoms with E-state index in [9.17, 15) is 14.7 Å². The Labute approximate surface area is 196 Å². The van der Waals surface area contributed by atoms with E-state index < -0.39 is 18.1 Å². The van der Waals surface area contributed by atoms with Crippen LogP contribution in [0, 0.1) is 0 Å². The number of rotatable bonds is 6. The van der Waals surface area contributed by atoms with Crippen molar-refractivity contribution in [1.82, 2.24) is 5.32 Å². The minimum absolute atomic E-state index is 0.0811. The Hall–Kier alpha value is -2.64. The molecule has 4 rings (SSSR count). The number of benzene rings is 3. The Morgan fingerprint density at radius 1 is 0.935 bits per heavy atom. The number of carboxylic acids is 1. The van der Waals surface area contributed by atoms with Crippen LogP contribution in [0.5, 0.6) is 0 Å². The number of fused-ring (bicyclic) bond motifs is 3. The zero-order chi connectivity index (χ0) is 22.0. The molecule has 0 fully saturated rings. The van der Waals surface area contributed by atoms with Crippen LogP contribution in [0.4, 0.5) is 4.79 Å². The monoisotopic (exact) mass is 543 g/mol. The van der Waals surface area contributed by atoms with Crippen LogP contribution in [0.1, 0.15) is 22.6 Å². The summed E-state index contributed by atoms with van der Waals surface area (Å²) in [5.41, 5.74) is 5.25. The molecule has 0 saturated heterocycles. The van der Waals surface area contributed by atoms with E-state index in [4.69, 9.17) is 4.74 Å². The smallest absolute Gasteiger partial charge is 0.407 e. The zero-order valence-corrected chi connectivity index (χ0v) is 19.5. The van der Waals surface area contributed by atoms with Crippen LogP contribution in [0.2, 0.25) is 0 Å². The molecule has 0 saturated carbocycles. The predicted octanol–water partition coefficient (Wildman–Crippen LogP) is 5.75. The summed E-state index contributed by atoms with van der Waals surface area (Å²) in [7, 11) is 0. The molecule has 31 heavy (non-hydrogen) atoms. The van der Waals surface area contributed by atoms with Gasteiger partial charge < -0.3 is 15.2 Å². The van der Waals surface area contributed by atoms with Gasteiger partial charge in [-0.3, -0.25) is 0 Å². The number of halogens is 2. The number of alkyl carbamates (subject to hydrolysis) is 1. The molecule has 1 unspecified atom stereocenters. The molecule has 5 nitrogen and oxygen atoms in total. The number of hydrogen-bond acceptors (Lipinski definition) is 3. The van der Waals surface area contributed by atoms with Crippen molar-refractivity contribution in [3.05, 3.63) is 92.4 Å². The minimum Gasteiger partial charge on any atom is -0.480 e. The van der Waals surface area contributed by atoms with Crippen LogP contribution >= 0.6 is 31.9 Å². The summed E-state index contributed by atoms with van der Waals surface area (Å²) in [6.45, 7) is 0.134. The Morgan fingerprint density at radius 2 is 1.48 bits per heavy atom. The van der Waals surface area contributed by atoms with Gasteiger partial charge >= 0.3 is 12.1 Å². The Morgan fingerprint density at radius 3 is 2.03 bits per heavy atom. The molecule has 0 bridgehead atoms. The van der Waals surface area contributed by atoms with Gasteiger partial charge in [0.1, 0.15) is 12.6 Å². The molecule has 1 amide bonds. The fraction of sp³-hybridized carbons (Fsp3) is 0.167. The topological polar surface area (TPSA) is 75.6 Å². The molecule has 1 atom stereocenters. The molecule has 1 aliphatic rings. The lowest BCUT2D eigenvalue weighted by molar-refractivity contribution is -0.139. The molecule has 0 aliphatic heterocycles. The van der Waals surface area contributed by atoms with Crippen molar-refractivity contribution in [3.8, 4) is 11.1 Å². The Kier molecular flexibility index (Phi) is 6.43. The number of hydrogen-bond donors (Lipinski definition) is 2. The Balaban J connectivity index is 1.44. The highest BCUT2D eigenvalue weighted by molar-refractivity contribution is 9.11. The lowest BCUT2D eigenvalue weighted by Gasteiger charge is -2.18. The summed E-state index contributed by atoms with van der Waals surface area (Å²) in [6.07, 6.45) is -0.610. The molecule has 0 spiro atoms. The maximum Gasteiger partial charge on any atom is 0.407 e. The largest absolute Gasteiger partial charge is 0.480 e. The fourth-order valence-electron chi connectivity index (χ4n) is 3.95. The van der Waals surface area contributed by atoms with Gasteiger partial charge in [-0.15, -0.1) is 0 Å². The van der Waals surface area contributed by atoms with E-state index in [1.54, 1.807) is 0 Å². The van der Waals surface area contributed by atoms with Crippen LogP contribution in [-0.4, -0.2) is 29.8 Å². The van der Waals surface area contributed by atoms with E-state index in [1.165, 1.54) is 0 Å². The van der Waals surface area contributed by atoms with Crippen LogP contribution < -0.4 is 5.32 Å². The van der Waals surface area contributed by atoms with Crippen molar-refractivity contribution in [2.45, 2.75) is 18.4 Å². The molecule has 0 radical (unpaired) electrons. The van der Waals surface area contributed by atoms with Gasteiger partial charge in [0, 0.05) is 21.3 Å². The number of nitrogens with one attached hydrogen (secondary N) is 1. The molecule has 1 aliphatic carbocycles. The maximum absolute atomic E-state index is 12.4. The summed E-state index contributed by atoms with van der Waals surface area (Å²) < 4.78 is 7.12. The average molecular weight is 545 g/mol. The van der Waals surface area contributed by atoms with Crippen molar-refractivity contribution in [2.24, 2.45) is 0 Å². The number of aliphatic carboxylic acids is 1. The molecule has 158 valence electrons. The fourth-order valence-corrected chi connectivity index (χ4v) is 5.34. The van der Waals surface area contributed by atoms with Crippen LogP contribution in [0.3, 0.4) is 0 Å². The lowest BCUT2D eigenvalue weighted by Crippen LogP contribution is -2.42. The average Bonchev–Trinajstić information content (AvgIpc) is 3.05. The zero-order valence-electron chi connectivity index (χ0n) is 16.3. The predicted molar refractivity (Wildman–Crippen MR) is 125 cm³/mol. The van der Waals surface area contributed by atoms with E-state index >= 15 is 0 Å². The second-order valence-electron chi connectivity index (χ2n) is 7.34. The van der Waals surface area contributed by atoms with Crippen LogP contribution in [-0.2, 0) is 16.0 Å². The summed E-state index contributed by atoms with van der Waals surface area (Å²) in [5.74, 6) is -1.20. The van der Waals surface area contributed by atoms with Crippen molar-refractivity contribution < 1.29 is 19.4 Å². The molecule has 3 aromatic rings. The van der Waals surface area contributed by atoms with Gasteiger partial charge in [0.05, 0.1) is 0 Å². The van der Waals surface area contributed by atoms with Gasteiger partial charge in [0.2, 0.25) is 0 Å².